The summed E-state index contributed by atoms with van der Waals surface area (Å²) in [7, 11) is 0. The highest BCUT2D eigenvalue weighted by Gasteiger charge is 2.18. The molecule has 0 spiro atoms. The van der Waals surface area contributed by atoms with Gasteiger partial charge in [0.1, 0.15) is 0 Å². The van der Waals surface area contributed by atoms with Crippen LogP contribution in [-0.4, -0.2) is 23.3 Å². The van der Waals surface area contributed by atoms with Crippen molar-refractivity contribution in [3.8, 4) is 0 Å². The average Bonchev–Trinajstić information content (AvgIpc) is 2.45. The summed E-state index contributed by atoms with van der Waals surface area (Å²) < 4.78 is 0. The molecule has 2 amide bonds. The lowest BCUT2D eigenvalue weighted by Gasteiger charge is -2.21. The third-order valence-corrected chi connectivity index (χ3v) is 4.53. The minimum atomic E-state index is -0.0469. The van der Waals surface area contributed by atoms with Crippen LogP contribution in [0.5, 0.6) is 0 Å². The molecule has 0 bridgehead atoms. The van der Waals surface area contributed by atoms with Gasteiger partial charge in [0.2, 0.25) is 11.8 Å². The van der Waals surface area contributed by atoms with E-state index in [1.54, 1.807) is 0 Å². The van der Waals surface area contributed by atoms with Gasteiger partial charge >= 0.3 is 0 Å². The van der Waals surface area contributed by atoms with Crippen molar-refractivity contribution in [1.82, 2.24) is 5.32 Å². The fraction of sp³-hybridized carbons (Fsp3) is 0.467. The number of rotatable bonds is 4. The zero-order valence-corrected chi connectivity index (χ0v) is 12.8. The second-order valence-corrected chi connectivity index (χ2v) is 6.25. The van der Waals surface area contributed by atoms with Crippen molar-refractivity contribution < 1.29 is 9.59 Å². The van der Waals surface area contributed by atoms with Gasteiger partial charge in [-0.05, 0) is 43.7 Å². The molecule has 1 aliphatic heterocycles. The lowest BCUT2D eigenvalue weighted by Crippen LogP contribution is -2.33. The highest BCUT2D eigenvalue weighted by atomic mass is 32.2. The molecule has 1 aliphatic rings. The second kappa shape index (κ2) is 6.31. The summed E-state index contributed by atoms with van der Waals surface area (Å²) in [5.74, 6) is 0.122. The first kappa shape index (κ1) is 14.9. The van der Waals surface area contributed by atoms with E-state index < -0.39 is 0 Å². The van der Waals surface area contributed by atoms with E-state index in [0.717, 1.165) is 23.2 Å². The summed E-state index contributed by atoms with van der Waals surface area (Å²) in [5, 5.41) is 5.83. The number of aryl methyl sites for hydroxylation is 1. The molecule has 108 valence electrons. The smallest absolute Gasteiger partial charge is 0.233 e. The molecule has 1 aromatic rings. The lowest BCUT2D eigenvalue weighted by molar-refractivity contribution is -0.121. The van der Waals surface area contributed by atoms with E-state index in [0.29, 0.717) is 6.42 Å². The third-order valence-electron chi connectivity index (χ3n) is 3.61. The molecule has 5 heteroatoms. The number of amides is 2. The lowest BCUT2D eigenvalue weighted by atomic mass is 9.98. The molecule has 0 aliphatic carbocycles. The minimum absolute atomic E-state index is 0.0278. The van der Waals surface area contributed by atoms with Crippen LogP contribution in [0.15, 0.2) is 18.2 Å². The van der Waals surface area contributed by atoms with Crippen molar-refractivity contribution in [2.75, 3.05) is 11.6 Å². The molecule has 0 fully saturated rings. The van der Waals surface area contributed by atoms with Gasteiger partial charge in [0.25, 0.3) is 0 Å². The molecule has 2 unspecified atom stereocenters. The van der Waals surface area contributed by atoms with Crippen LogP contribution in [0.4, 0.5) is 5.69 Å². The maximum atomic E-state index is 11.9. The van der Waals surface area contributed by atoms with Gasteiger partial charge in [-0.2, -0.15) is 11.8 Å². The minimum Gasteiger partial charge on any atom is -0.349 e. The molecule has 2 rings (SSSR count). The predicted molar refractivity (Wildman–Crippen MR) is 82.9 cm³/mol. The van der Waals surface area contributed by atoms with Gasteiger partial charge < -0.3 is 10.6 Å². The molecule has 0 saturated carbocycles. The number of thioether (sulfide) groups is 1. The van der Waals surface area contributed by atoms with E-state index in [4.69, 9.17) is 0 Å². The van der Waals surface area contributed by atoms with Crippen LogP contribution in [0, 0.1) is 0 Å². The summed E-state index contributed by atoms with van der Waals surface area (Å²) >= 11 is 1.53. The first-order valence-electron chi connectivity index (χ1n) is 6.77. The Labute approximate surface area is 123 Å². The first-order chi connectivity index (χ1) is 9.51. The van der Waals surface area contributed by atoms with Crippen molar-refractivity contribution in [2.45, 2.75) is 38.0 Å². The molecule has 0 radical (unpaired) electrons. The maximum Gasteiger partial charge on any atom is 0.233 e. The molecule has 2 atom stereocenters. The molecule has 20 heavy (non-hydrogen) atoms. The number of carbonyl (C=O) groups excluding carboxylic acids is 2. The molecule has 4 nitrogen and oxygen atoms in total. The van der Waals surface area contributed by atoms with Crippen LogP contribution in [0.2, 0.25) is 0 Å². The fourth-order valence-electron chi connectivity index (χ4n) is 2.19. The van der Waals surface area contributed by atoms with E-state index in [1.165, 1.54) is 11.8 Å². The van der Waals surface area contributed by atoms with Crippen molar-refractivity contribution in [3.63, 3.8) is 0 Å². The highest BCUT2D eigenvalue weighted by Crippen LogP contribution is 2.26. The molecular weight excluding hydrogens is 272 g/mol. The van der Waals surface area contributed by atoms with E-state index in [9.17, 15) is 9.59 Å². The molecule has 0 saturated heterocycles. The SMILES string of the molecule is CSC(C)C(=O)NC(C)c1ccc2c(c1)CCC(=O)N2. The monoisotopic (exact) mass is 292 g/mol. The summed E-state index contributed by atoms with van der Waals surface area (Å²) in [6, 6.07) is 5.92. The van der Waals surface area contributed by atoms with Gasteiger partial charge in [0, 0.05) is 12.1 Å². The van der Waals surface area contributed by atoms with Crippen molar-refractivity contribution in [2.24, 2.45) is 0 Å². The topological polar surface area (TPSA) is 58.2 Å². The molecular formula is C15H20N2O2S. The number of benzene rings is 1. The third kappa shape index (κ3) is 3.33. The first-order valence-corrected chi connectivity index (χ1v) is 8.06. The largest absolute Gasteiger partial charge is 0.349 e. The molecule has 0 aromatic heterocycles. The molecule has 1 heterocycles. The zero-order chi connectivity index (χ0) is 14.7. The van der Waals surface area contributed by atoms with Crippen LogP contribution < -0.4 is 10.6 Å². The van der Waals surface area contributed by atoms with E-state index in [2.05, 4.69) is 16.7 Å². The normalized spacial score (nSPS) is 16.9. The van der Waals surface area contributed by atoms with Gasteiger partial charge in [-0.3, -0.25) is 9.59 Å². The fourth-order valence-corrected chi connectivity index (χ4v) is 2.48. The number of nitrogens with one attached hydrogen (secondary N) is 2. The van der Waals surface area contributed by atoms with Crippen LogP contribution in [0.25, 0.3) is 0 Å². The van der Waals surface area contributed by atoms with Gasteiger partial charge in [-0.15, -0.1) is 0 Å². The number of anilines is 1. The van der Waals surface area contributed by atoms with E-state index in [1.807, 2.05) is 32.2 Å². The summed E-state index contributed by atoms with van der Waals surface area (Å²) in [6.07, 6.45) is 3.22. The summed E-state index contributed by atoms with van der Waals surface area (Å²) in [5.41, 5.74) is 3.10. The quantitative estimate of drug-likeness (QED) is 0.896. The Hall–Kier alpha value is -1.49. The van der Waals surface area contributed by atoms with Crippen molar-refractivity contribution in [1.29, 1.82) is 0 Å². The van der Waals surface area contributed by atoms with Crippen molar-refractivity contribution >= 4 is 29.3 Å². The highest BCUT2D eigenvalue weighted by molar-refractivity contribution is 7.99. The van der Waals surface area contributed by atoms with E-state index in [-0.39, 0.29) is 23.1 Å². The number of hydrogen-bond acceptors (Lipinski definition) is 3. The Bertz CT molecular complexity index is 531. The molecule has 1 aromatic carbocycles. The van der Waals surface area contributed by atoms with Gasteiger partial charge in [-0.1, -0.05) is 12.1 Å². The predicted octanol–water partition coefficient (Wildman–Crippen LogP) is 2.50. The second-order valence-electron chi connectivity index (χ2n) is 5.07. The Kier molecular flexibility index (Phi) is 4.70. The van der Waals surface area contributed by atoms with E-state index >= 15 is 0 Å². The van der Waals surface area contributed by atoms with Crippen molar-refractivity contribution in [3.05, 3.63) is 29.3 Å². The van der Waals surface area contributed by atoms with Gasteiger partial charge in [-0.25, -0.2) is 0 Å². The Balaban J connectivity index is 2.09. The van der Waals surface area contributed by atoms with Crippen LogP contribution in [0.3, 0.4) is 0 Å². The number of hydrogen-bond donors (Lipinski definition) is 2. The Morgan fingerprint density at radius 2 is 2.10 bits per heavy atom. The zero-order valence-electron chi connectivity index (χ0n) is 12.0. The summed E-state index contributed by atoms with van der Waals surface area (Å²) in [6.45, 7) is 3.88. The summed E-state index contributed by atoms with van der Waals surface area (Å²) in [4.78, 5) is 23.2. The van der Waals surface area contributed by atoms with Gasteiger partial charge in [0.05, 0.1) is 11.3 Å². The van der Waals surface area contributed by atoms with Crippen LogP contribution >= 0.6 is 11.8 Å². The number of carbonyl (C=O) groups is 2. The Morgan fingerprint density at radius 1 is 1.35 bits per heavy atom. The van der Waals surface area contributed by atoms with Crippen LogP contribution in [-0.2, 0) is 16.0 Å². The maximum absolute atomic E-state index is 11.9. The molecule has 2 N–H and O–H groups in total. The average molecular weight is 292 g/mol. The Morgan fingerprint density at radius 3 is 2.80 bits per heavy atom. The van der Waals surface area contributed by atoms with Gasteiger partial charge in [0.15, 0.2) is 0 Å². The number of fused-ring (bicyclic) bond motifs is 1. The van der Waals surface area contributed by atoms with Crippen LogP contribution in [0.1, 0.15) is 37.4 Å². The standard InChI is InChI=1S/C15H20N2O2S/c1-9(16-15(19)10(2)20-3)11-4-6-13-12(8-11)5-7-14(18)17-13/h4,6,8-10H,5,7H2,1-3H3,(H,16,19)(H,17,18).